The van der Waals surface area contributed by atoms with Gasteiger partial charge in [0.2, 0.25) is 5.78 Å². The van der Waals surface area contributed by atoms with E-state index in [1.165, 1.54) is 0 Å². The maximum Gasteiger partial charge on any atom is 0.309 e. The number of fused-ring (bicyclic) bond motifs is 1. The average molecular weight is 365 g/mol. The molecule has 27 heavy (non-hydrogen) atoms. The van der Waals surface area contributed by atoms with Crippen molar-refractivity contribution < 1.29 is 19.1 Å². The molecule has 5 nitrogen and oxygen atoms in total. The number of aromatic amines is 1. The fourth-order valence-corrected chi connectivity index (χ4v) is 2.99. The Labute approximate surface area is 158 Å². The lowest BCUT2D eigenvalue weighted by Crippen LogP contribution is -2.25. The van der Waals surface area contributed by atoms with Gasteiger partial charge in [-0.25, -0.2) is 0 Å². The van der Waals surface area contributed by atoms with Gasteiger partial charge in [0.1, 0.15) is 5.75 Å². The quantitative estimate of drug-likeness (QED) is 0.499. The summed E-state index contributed by atoms with van der Waals surface area (Å²) in [6.07, 6.45) is -0.770. The van der Waals surface area contributed by atoms with Gasteiger partial charge in [-0.05, 0) is 39.0 Å². The minimum atomic E-state index is -0.852. The molecule has 1 heterocycles. The third kappa shape index (κ3) is 4.37. The number of aryl methyl sites for hydroxylation is 2. The Morgan fingerprint density at radius 2 is 1.74 bits per heavy atom. The van der Waals surface area contributed by atoms with Crippen molar-refractivity contribution in [3.05, 3.63) is 65.4 Å². The number of hydrogen-bond donors (Lipinski definition) is 1. The molecule has 3 rings (SSSR count). The Bertz CT molecular complexity index is 956. The zero-order chi connectivity index (χ0) is 19.4. The first kappa shape index (κ1) is 18.7. The molecule has 0 saturated carbocycles. The molecule has 0 amide bonds. The van der Waals surface area contributed by atoms with Crippen LogP contribution in [-0.2, 0) is 9.53 Å². The zero-order valence-electron chi connectivity index (χ0n) is 15.7. The molecule has 0 radical (unpaired) electrons. The van der Waals surface area contributed by atoms with Gasteiger partial charge in [0.25, 0.3) is 0 Å². The molecule has 3 aromatic rings. The fraction of sp³-hybridized carbons (Fsp3) is 0.273. The highest BCUT2D eigenvalue weighted by atomic mass is 16.5. The van der Waals surface area contributed by atoms with E-state index in [4.69, 9.17) is 9.47 Å². The minimum Gasteiger partial charge on any atom is -0.493 e. The maximum atomic E-state index is 12.8. The average Bonchev–Trinajstić information content (AvgIpc) is 2.98. The lowest BCUT2D eigenvalue weighted by Gasteiger charge is -2.13. The third-order valence-corrected chi connectivity index (χ3v) is 4.41. The predicted octanol–water partition coefficient (Wildman–Crippen LogP) is 4.37. The molecule has 2 aromatic carbocycles. The highest BCUT2D eigenvalue weighted by Crippen LogP contribution is 2.24. The van der Waals surface area contributed by atoms with Crippen molar-refractivity contribution in [3.8, 4) is 5.75 Å². The summed E-state index contributed by atoms with van der Waals surface area (Å²) in [6, 6.07) is 15.2. The minimum absolute atomic E-state index is 0.0817. The highest BCUT2D eigenvalue weighted by Gasteiger charge is 2.24. The number of para-hydroxylation sites is 1. The summed E-state index contributed by atoms with van der Waals surface area (Å²) in [6.45, 7) is 5.64. The molecule has 1 N–H and O–H groups in total. The molecular formula is C22H23NO4. The maximum absolute atomic E-state index is 12.8. The van der Waals surface area contributed by atoms with Gasteiger partial charge < -0.3 is 14.5 Å². The summed E-state index contributed by atoms with van der Waals surface area (Å²) in [7, 11) is 0. The van der Waals surface area contributed by atoms with Crippen LogP contribution in [-0.4, -0.2) is 29.4 Å². The Morgan fingerprint density at radius 1 is 1.04 bits per heavy atom. The molecule has 0 aliphatic heterocycles. The van der Waals surface area contributed by atoms with Gasteiger partial charge in [-0.1, -0.05) is 35.9 Å². The molecule has 0 aliphatic carbocycles. The van der Waals surface area contributed by atoms with Crippen LogP contribution in [0.4, 0.5) is 0 Å². The summed E-state index contributed by atoms with van der Waals surface area (Å²) in [5.74, 6) is 0.0325. The highest BCUT2D eigenvalue weighted by molar-refractivity contribution is 6.11. The lowest BCUT2D eigenvalue weighted by molar-refractivity contribution is -0.146. The first-order valence-corrected chi connectivity index (χ1v) is 8.96. The molecule has 0 fully saturated rings. The first-order valence-electron chi connectivity index (χ1n) is 8.96. The molecule has 140 valence electrons. The van der Waals surface area contributed by atoms with Gasteiger partial charge in [0.15, 0.2) is 6.10 Å². The number of esters is 1. The van der Waals surface area contributed by atoms with Crippen LogP contribution in [0, 0.1) is 13.8 Å². The number of nitrogens with one attached hydrogen (secondary N) is 1. The largest absolute Gasteiger partial charge is 0.493 e. The van der Waals surface area contributed by atoms with Crippen molar-refractivity contribution in [2.45, 2.75) is 33.3 Å². The van der Waals surface area contributed by atoms with Crippen LogP contribution in [0.3, 0.4) is 0 Å². The van der Waals surface area contributed by atoms with Crippen LogP contribution < -0.4 is 4.74 Å². The van der Waals surface area contributed by atoms with E-state index < -0.39 is 12.1 Å². The van der Waals surface area contributed by atoms with E-state index in [1.807, 2.05) is 62.4 Å². The normalized spacial score (nSPS) is 12.0. The van der Waals surface area contributed by atoms with Crippen LogP contribution >= 0.6 is 0 Å². The summed E-state index contributed by atoms with van der Waals surface area (Å²) in [5.41, 5.74) is 3.37. The number of carbonyl (C=O) groups excluding carboxylic acids is 2. The SMILES string of the molecule is Cc1ccc(OCCC(=O)O[C@H](C)C(=O)c2c(C)[nH]c3ccccc23)cc1. The summed E-state index contributed by atoms with van der Waals surface area (Å²) in [4.78, 5) is 28.0. The van der Waals surface area contributed by atoms with Crippen LogP contribution in [0.1, 0.15) is 35.0 Å². The molecule has 0 bridgehead atoms. The number of hydrogen-bond acceptors (Lipinski definition) is 4. The number of ketones is 1. The molecule has 0 spiro atoms. The van der Waals surface area contributed by atoms with E-state index in [0.29, 0.717) is 11.3 Å². The van der Waals surface area contributed by atoms with Gasteiger partial charge in [-0.3, -0.25) is 9.59 Å². The number of carbonyl (C=O) groups is 2. The van der Waals surface area contributed by atoms with Crippen molar-refractivity contribution in [1.29, 1.82) is 0 Å². The number of rotatable bonds is 7. The summed E-state index contributed by atoms with van der Waals surface area (Å²) < 4.78 is 10.8. The van der Waals surface area contributed by atoms with E-state index >= 15 is 0 Å². The van der Waals surface area contributed by atoms with E-state index in [1.54, 1.807) is 6.92 Å². The molecule has 1 aromatic heterocycles. The third-order valence-electron chi connectivity index (χ3n) is 4.41. The smallest absolute Gasteiger partial charge is 0.309 e. The van der Waals surface area contributed by atoms with Crippen molar-refractivity contribution in [2.24, 2.45) is 0 Å². The Morgan fingerprint density at radius 3 is 2.48 bits per heavy atom. The zero-order valence-corrected chi connectivity index (χ0v) is 15.7. The van der Waals surface area contributed by atoms with Crippen LogP contribution in [0.25, 0.3) is 10.9 Å². The Hall–Kier alpha value is -3.08. The molecule has 0 aliphatic rings. The first-order chi connectivity index (χ1) is 13.0. The fourth-order valence-electron chi connectivity index (χ4n) is 2.99. The van der Waals surface area contributed by atoms with E-state index in [9.17, 15) is 9.59 Å². The Kier molecular flexibility index (Phi) is 5.60. The van der Waals surface area contributed by atoms with Gasteiger partial charge in [0, 0.05) is 22.2 Å². The number of Topliss-reactive ketones (excluding diaryl/α,β-unsaturated/α-hetero) is 1. The second-order valence-electron chi connectivity index (χ2n) is 6.58. The van der Waals surface area contributed by atoms with Crippen molar-refractivity contribution in [3.63, 3.8) is 0 Å². The number of aromatic nitrogens is 1. The van der Waals surface area contributed by atoms with E-state index in [2.05, 4.69) is 4.98 Å². The number of ether oxygens (including phenoxy) is 2. The van der Waals surface area contributed by atoms with Gasteiger partial charge >= 0.3 is 5.97 Å². The predicted molar refractivity (Wildman–Crippen MR) is 104 cm³/mol. The lowest BCUT2D eigenvalue weighted by atomic mass is 10.0. The van der Waals surface area contributed by atoms with Crippen molar-refractivity contribution >= 4 is 22.7 Å². The second kappa shape index (κ2) is 8.08. The van der Waals surface area contributed by atoms with Gasteiger partial charge in [0.05, 0.1) is 13.0 Å². The molecule has 1 atom stereocenters. The number of H-pyrrole nitrogens is 1. The van der Waals surface area contributed by atoms with Crippen LogP contribution in [0.15, 0.2) is 48.5 Å². The van der Waals surface area contributed by atoms with Crippen molar-refractivity contribution in [1.82, 2.24) is 4.98 Å². The standard InChI is InChI=1S/C22H23NO4/c1-14-8-10-17(11-9-14)26-13-12-20(24)27-16(3)22(25)21-15(2)23-19-7-5-4-6-18(19)21/h4-11,16,23H,12-13H2,1-3H3/t16-/m1/s1. The van der Waals surface area contributed by atoms with Crippen LogP contribution in [0.5, 0.6) is 5.75 Å². The monoisotopic (exact) mass is 365 g/mol. The second-order valence-corrected chi connectivity index (χ2v) is 6.58. The van der Waals surface area contributed by atoms with Gasteiger partial charge in [-0.15, -0.1) is 0 Å². The molecule has 0 saturated heterocycles. The van der Waals surface area contributed by atoms with E-state index in [-0.39, 0.29) is 18.8 Å². The summed E-state index contributed by atoms with van der Waals surface area (Å²) in [5, 5.41) is 0.839. The number of benzene rings is 2. The Balaban J connectivity index is 1.56. The summed E-state index contributed by atoms with van der Waals surface area (Å²) >= 11 is 0. The molecule has 0 unspecified atom stereocenters. The van der Waals surface area contributed by atoms with E-state index in [0.717, 1.165) is 22.2 Å². The molecular weight excluding hydrogens is 342 g/mol. The van der Waals surface area contributed by atoms with Crippen molar-refractivity contribution in [2.75, 3.05) is 6.61 Å². The topological polar surface area (TPSA) is 68.4 Å². The van der Waals surface area contributed by atoms with Gasteiger partial charge in [-0.2, -0.15) is 0 Å². The molecule has 5 heteroatoms. The van der Waals surface area contributed by atoms with Crippen LogP contribution in [0.2, 0.25) is 0 Å².